The quantitative estimate of drug-likeness (QED) is 0.0424. The van der Waals surface area contributed by atoms with Crippen LogP contribution in [-0.4, -0.2) is 134 Å². The number of nitrogens with one attached hydrogen (secondary N) is 7. The van der Waals surface area contributed by atoms with E-state index in [4.69, 9.17) is 60.3 Å². The number of sulfone groups is 4. The standard InChI is InChI=1S/C27H20N4O5S.C27H18N4O4S.C20H14ClN3O4S.C14H9NO5S.C6H5BN2O2.C6H7ClN2/c28-25(32)18-8-6-17(7-9-18)21-11-5-16(14-29-21)15-30-26(33)19-10-12-24-22(13-19)31-27(34)20-3-1-2-4-23(20)37(24,35)36;28-14-17-5-7-18(8-6-17)20-9-11-21(29-15-20)16-30-26(32)19-10-12-25-23(13-19)31-27(33)22-3-1-2-4-24(22)36(25,34)35;21-13-6-7-14(22-10-13)11-23-19(25)12-5-8-18-16(9-12)24-20(26)15-3-1-2-4-17(15)29(18,27)28;16-13-9-3-1-2-4-11(9)21(19,20)12-6-5-8(14(17)18)7-10(12)15-13;8-3-5-1-2-6(7(10)11)9-4-5;7-5-1-2-6(3-8)9-4-5/h1-14H,15H2,(H2,28,32)(H,30,33)(H,31,34);1-13,15H,16H2,(H,30,32)(H,31,33);1-10H,11H2,(H,23,25)(H,24,26);1-7H,(H,15,16)(H,17,18);1-2,4,10-11H;1-2,4H,3,8H2. The van der Waals surface area contributed by atoms with Crippen LogP contribution in [0.1, 0.15) is 127 Å². The van der Waals surface area contributed by atoms with Crippen molar-refractivity contribution in [1.29, 1.82) is 10.5 Å². The molecule has 0 atom stereocenters. The number of primary amides is 1. The second-order valence-corrected chi connectivity index (χ2v) is 39.2. The number of halogens is 2. The van der Waals surface area contributed by atoms with Gasteiger partial charge < -0.3 is 63.8 Å². The Morgan fingerprint density at radius 1 is 0.357 bits per heavy atom. The first kappa shape index (κ1) is 101. The Kier molecular flexibility index (Phi) is 31.3. The van der Waals surface area contributed by atoms with Crippen LogP contribution in [0.25, 0.3) is 22.4 Å². The number of hydrogen-bond acceptors (Lipinski definition) is 27. The highest BCUT2D eigenvalue weighted by Gasteiger charge is 2.37. The highest BCUT2D eigenvalue weighted by Crippen LogP contribution is 2.40. The van der Waals surface area contributed by atoms with E-state index in [2.05, 4.69) is 68.2 Å². The molecule has 0 spiro atoms. The van der Waals surface area contributed by atoms with Gasteiger partial charge in [-0.2, -0.15) is 10.5 Å². The lowest BCUT2D eigenvalue weighted by molar-refractivity contribution is 0.0694. The third-order valence-electron chi connectivity index (χ3n) is 21.5. The summed E-state index contributed by atoms with van der Waals surface area (Å²) in [7, 11) is -17.3. The molecular weight excluding hydrogens is 1960 g/mol. The van der Waals surface area contributed by atoms with Crippen LogP contribution in [-0.2, 0) is 65.5 Å². The van der Waals surface area contributed by atoms with Crippen LogP contribution < -0.4 is 54.3 Å². The number of nitrogens with two attached hydrogens (primary N) is 2. The van der Waals surface area contributed by atoms with Gasteiger partial charge in [-0.3, -0.25) is 63.3 Å². The van der Waals surface area contributed by atoms with Gasteiger partial charge >= 0.3 is 13.1 Å². The van der Waals surface area contributed by atoms with E-state index in [-0.39, 0.29) is 132 Å². The Bertz CT molecular complexity index is 8180. The molecule has 0 bridgehead atoms. The maximum atomic E-state index is 13.1. The van der Waals surface area contributed by atoms with Gasteiger partial charge in [0.25, 0.3) is 41.4 Å². The van der Waals surface area contributed by atoms with E-state index < -0.39 is 99.7 Å². The minimum Gasteiger partial charge on any atom is -0.478 e. The van der Waals surface area contributed by atoms with Gasteiger partial charge in [-0.1, -0.05) is 108 Å². The lowest BCUT2D eigenvalue weighted by Gasteiger charge is -2.10. The number of carboxylic acid groups (broad SMARTS) is 1. The molecule has 714 valence electrons. The van der Waals surface area contributed by atoms with Crippen LogP contribution in [0.3, 0.4) is 0 Å². The summed E-state index contributed by atoms with van der Waals surface area (Å²) in [5.41, 5.74) is 19.0. The Hall–Kier alpha value is -17.5. The van der Waals surface area contributed by atoms with Crippen LogP contribution in [0, 0.1) is 22.7 Å². The molecular formula is C100H73BCl2N16O20S4. The summed E-state index contributed by atoms with van der Waals surface area (Å²) in [5.74, 6) is -5.28. The lowest BCUT2D eigenvalue weighted by Crippen LogP contribution is -2.32. The summed E-state index contributed by atoms with van der Waals surface area (Å²) in [6.45, 7) is 0.972. The molecule has 8 amide bonds. The average molecular weight is 2030 g/mol. The number of rotatable bonds is 15. The second kappa shape index (κ2) is 44.1. The Labute approximate surface area is 825 Å². The topological polar surface area (TPSA) is 599 Å². The highest BCUT2D eigenvalue weighted by atomic mass is 35.5. The maximum absolute atomic E-state index is 13.1. The fourth-order valence-electron chi connectivity index (χ4n) is 14.2. The number of hydrogen-bond donors (Lipinski definition) is 12. The molecule has 0 saturated heterocycles. The van der Waals surface area contributed by atoms with Crippen molar-refractivity contribution in [1.82, 2.24) is 40.9 Å². The number of anilines is 4. The predicted octanol–water partition coefficient (Wildman–Crippen LogP) is 11.8. The van der Waals surface area contributed by atoms with Crippen molar-refractivity contribution in [2.45, 2.75) is 65.3 Å². The van der Waals surface area contributed by atoms with Crippen molar-refractivity contribution in [3.63, 3.8) is 0 Å². The zero-order valence-electron chi connectivity index (χ0n) is 73.8. The number of benzene rings is 10. The molecule has 0 aliphatic carbocycles. The van der Waals surface area contributed by atoms with Gasteiger partial charge in [0.15, 0.2) is 0 Å². The molecule has 36 nitrogen and oxygen atoms in total. The summed E-state index contributed by atoms with van der Waals surface area (Å²) in [6.07, 6.45) is 7.66. The number of nitrogens with zero attached hydrogens (tertiary/aromatic N) is 7. The number of aromatic carboxylic acids is 1. The van der Waals surface area contributed by atoms with Crippen molar-refractivity contribution in [3.8, 4) is 34.5 Å². The Morgan fingerprint density at radius 2 is 0.706 bits per heavy atom. The molecule has 19 rings (SSSR count). The van der Waals surface area contributed by atoms with E-state index in [1.807, 2.05) is 36.4 Å². The number of carbonyl (C=O) groups is 9. The van der Waals surface area contributed by atoms with Gasteiger partial charge in [-0.25, -0.2) is 38.5 Å². The van der Waals surface area contributed by atoms with E-state index in [9.17, 15) is 76.8 Å². The van der Waals surface area contributed by atoms with Crippen molar-refractivity contribution in [2.75, 3.05) is 21.3 Å². The molecule has 14 N–H and O–H groups in total. The molecule has 9 heterocycles. The van der Waals surface area contributed by atoms with Gasteiger partial charge in [0.2, 0.25) is 45.3 Å². The number of carbonyl (C=O) groups excluding carboxylic acids is 8. The first-order chi connectivity index (χ1) is 68.4. The minimum atomic E-state index is -3.95. The predicted molar refractivity (Wildman–Crippen MR) is 523 cm³/mol. The van der Waals surface area contributed by atoms with Crippen LogP contribution in [0.2, 0.25) is 10.0 Å². The highest BCUT2D eigenvalue weighted by molar-refractivity contribution is 7.92. The van der Waals surface area contributed by atoms with Crippen molar-refractivity contribution in [2.24, 2.45) is 11.5 Å². The zero-order chi connectivity index (χ0) is 102. The average Bonchev–Trinajstić information content (AvgIpc) is 1.64. The number of nitriles is 2. The largest absolute Gasteiger partial charge is 0.508 e. The molecule has 15 aromatic rings. The van der Waals surface area contributed by atoms with Gasteiger partial charge in [-0.15, -0.1) is 0 Å². The SMILES string of the molecule is N#Cc1ccc(-c2ccc(CNC(=O)c3ccc4c(c3)NC(=O)c3ccccc3S4(=O)=O)nc2)cc1.N#Cc1ccc(B(O)O)nc1.NC(=O)c1ccc(-c2ccc(CNC(=O)c3ccc4c(c3)NC(=O)c3ccccc3S4(=O)=O)cn2)cc1.NCc1ccc(Cl)cn1.O=C(NCc1ccc(Cl)cn1)c1ccc2c(c1)NC(=O)c1ccccc1S2(=O)=O.O=C(O)c1ccc2c(c1)NC(=O)c1ccccc1S2(=O)=O. The summed E-state index contributed by atoms with van der Waals surface area (Å²) in [5, 5.41) is 63.0. The van der Waals surface area contributed by atoms with Gasteiger partial charge in [0.1, 0.15) is 6.07 Å². The van der Waals surface area contributed by atoms with Crippen LogP contribution >= 0.6 is 23.2 Å². The molecule has 43 heteroatoms. The monoisotopic (exact) mass is 2030 g/mol. The first-order valence-corrected chi connectivity index (χ1v) is 48.8. The third kappa shape index (κ3) is 23.6. The number of carboxylic acids is 1. The summed E-state index contributed by atoms with van der Waals surface area (Å²) >= 11 is 11.4. The van der Waals surface area contributed by atoms with Crippen LogP contribution in [0.5, 0.6) is 0 Å². The van der Waals surface area contributed by atoms with Crippen LogP contribution in [0.4, 0.5) is 22.7 Å². The van der Waals surface area contributed by atoms with E-state index in [1.54, 1.807) is 128 Å². The lowest BCUT2D eigenvalue weighted by atomic mass is 9.85. The molecule has 4 aliphatic rings. The molecule has 10 aromatic carbocycles. The fraction of sp³-hybridized carbons (Fsp3) is 0.0400. The molecule has 143 heavy (non-hydrogen) atoms. The first-order valence-electron chi connectivity index (χ1n) is 42.1. The normalized spacial score (nSPS) is 13.3. The molecule has 0 unspecified atom stereocenters. The maximum Gasteiger partial charge on any atom is 0.508 e. The second-order valence-electron chi connectivity index (χ2n) is 30.8. The number of amides is 8. The van der Waals surface area contributed by atoms with E-state index in [1.165, 1.54) is 146 Å². The molecule has 4 aliphatic heterocycles. The molecule has 0 radical (unpaired) electrons. The molecule has 0 fully saturated rings. The fourth-order valence-corrected chi connectivity index (χ4v) is 20.8. The smallest absolute Gasteiger partial charge is 0.478 e. The number of fused-ring (bicyclic) bond motifs is 8. The van der Waals surface area contributed by atoms with E-state index in [0.29, 0.717) is 50.4 Å². The molecule has 5 aromatic heterocycles. The number of pyridine rings is 5. The van der Waals surface area contributed by atoms with E-state index in [0.717, 1.165) is 34.0 Å². The summed E-state index contributed by atoms with van der Waals surface area (Å²) in [6, 6.07) is 74.4. The minimum absolute atomic E-state index is 0.0314. The van der Waals surface area contributed by atoms with Crippen molar-refractivity contribution in [3.05, 3.63) is 404 Å². The van der Waals surface area contributed by atoms with Gasteiger partial charge in [0.05, 0.1) is 158 Å². The van der Waals surface area contributed by atoms with Gasteiger partial charge in [0, 0.05) is 77.5 Å². The van der Waals surface area contributed by atoms with Crippen molar-refractivity contribution < 1.29 is 92.0 Å². The van der Waals surface area contributed by atoms with Crippen molar-refractivity contribution >= 4 is 151 Å². The summed E-state index contributed by atoms with van der Waals surface area (Å²) in [4.78, 5) is 130. The number of aromatic nitrogens is 5. The zero-order valence-corrected chi connectivity index (χ0v) is 78.6. The Balaban J connectivity index is 0.000000144. The molecule has 0 saturated carbocycles. The Morgan fingerprint density at radius 3 is 1.04 bits per heavy atom. The third-order valence-corrected chi connectivity index (χ3v) is 29.5. The van der Waals surface area contributed by atoms with Gasteiger partial charge in [-0.05, 0) is 205 Å². The van der Waals surface area contributed by atoms with Crippen LogP contribution in [0.15, 0.2) is 349 Å². The van der Waals surface area contributed by atoms with E-state index >= 15 is 0 Å². The summed E-state index contributed by atoms with van der Waals surface area (Å²) < 4.78 is 104.